The summed E-state index contributed by atoms with van der Waals surface area (Å²) in [5.74, 6) is 1.49. The zero-order valence-corrected chi connectivity index (χ0v) is 12.9. The highest BCUT2D eigenvalue weighted by molar-refractivity contribution is 8.14. The number of fused-ring (bicyclic) bond motifs is 2. The summed E-state index contributed by atoms with van der Waals surface area (Å²) in [5, 5.41) is 9.35. The van der Waals surface area contributed by atoms with Crippen LogP contribution in [0.25, 0.3) is 0 Å². The Kier molecular flexibility index (Phi) is 5.70. The number of hydrogen-bond donors (Lipinski definition) is 1. The molecule has 4 heteroatoms. The van der Waals surface area contributed by atoms with Crippen LogP contribution in [0, 0.1) is 17.8 Å². The van der Waals surface area contributed by atoms with Crippen LogP contribution in [0.3, 0.4) is 0 Å². The largest absolute Gasteiger partial charge is 0.481 e. The molecule has 2 fully saturated rings. The molecular weight excluding hydrogens is 272 g/mol. The van der Waals surface area contributed by atoms with E-state index in [1.165, 1.54) is 19.3 Å². The van der Waals surface area contributed by atoms with Crippen LogP contribution in [0.1, 0.15) is 51.9 Å². The molecule has 0 aromatic heterocycles. The molecule has 1 N–H and O–H groups in total. The number of carbonyl (C=O) groups excluding carboxylic acids is 1. The fourth-order valence-corrected chi connectivity index (χ4v) is 5.13. The highest BCUT2D eigenvalue weighted by Crippen LogP contribution is 2.54. The molecule has 0 heterocycles. The molecule has 0 aromatic carbocycles. The van der Waals surface area contributed by atoms with Crippen molar-refractivity contribution in [2.45, 2.75) is 57.1 Å². The Morgan fingerprint density at radius 3 is 2.70 bits per heavy atom. The van der Waals surface area contributed by atoms with Gasteiger partial charge in [0.2, 0.25) is 0 Å². The van der Waals surface area contributed by atoms with Crippen molar-refractivity contribution >= 4 is 22.8 Å². The smallest absolute Gasteiger partial charge is 0.303 e. The molecule has 2 aliphatic carbocycles. The Labute approximate surface area is 125 Å². The summed E-state index contributed by atoms with van der Waals surface area (Å²) < 4.78 is 0. The van der Waals surface area contributed by atoms with Gasteiger partial charge in [0, 0.05) is 18.6 Å². The number of carboxylic acids is 1. The summed E-state index contributed by atoms with van der Waals surface area (Å²) in [5.41, 5.74) is 0. The van der Waals surface area contributed by atoms with Gasteiger partial charge in [0.25, 0.3) is 0 Å². The average Bonchev–Trinajstić information content (AvgIpc) is 2.94. The van der Waals surface area contributed by atoms with E-state index in [4.69, 9.17) is 5.11 Å². The van der Waals surface area contributed by atoms with Crippen LogP contribution in [0.4, 0.5) is 0 Å². The molecule has 4 atom stereocenters. The SMILES string of the molecule is CC(=O)S[C@@H]1[C@H]2CC[C@H](C2)[C@H]1C/C=C\CCCC(=O)O. The molecule has 2 bridgehead atoms. The molecule has 0 spiro atoms. The van der Waals surface area contributed by atoms with E-state index in [0.717, 1.165) is 24.7 Å². The number of rotatable bonds is 7. The van der Waals surface area contributed by atoms with Crippen molar-refractivity contribution in [1.82, 2.24) is 0 Å². The second-order valence-electron chi connectivity index (χ2n) is 6.06. The van der Waals surface area contributed by atoms with Crippen LogP contribution >= 0.6 is 11.8 Å². The predicted molar refractivity (Wildman–Crippen MR) is 81.6 cm³/mol. The maximum Gasteiger partial charge on any atom is 0.303 e. The van der Waals surface area contributed by atoms with Gasteiger partial charge in [-0.2, -0.15) is 0 Å². The van der Waals surface area contributed by atoms with Gasteiger partial charge in [0.05, 0.1) is 0 Å². The van der Waals surface area contributed by atoms with Gasteiger partial charge in [-0.1, -0.05) is 23.9 Å². The van der Waals surface area contributed by atoms with Crippen LogP contribution in [0.2, 0.25) is 0 Å². The van der Waals surface area contributed by atoms with Gasteiger partial charge < -0.3 is 5.11 Å². The minimum absolute atomic E-state index is 0.248. The third-order valence-corrected chi connectivity index (χ3v) is 5.98. The van der Waals surface area contributed by atoms with Gasteiger partial charge in [-0.05, 0) is 56.3 Å². The Balaban J connectivity index is 1.77. The van der Waals surface area contributed by atoms with Crippen molar-refractivity contribution in [1.29, 1.82) is 0 Å². The third-order valence-electron chi connectivity index (χ3n) is 4.64. The summed E-state index contributed by atoms with van der Waals surface area (Å²) in [4.78, 5) is 21.8. The number of carboxylic acid groups (broad SMARTS) is 1. The van der Waals surface area contributed by atoms with E-state index >= 15 is 0 Å². The minimum atomic E-state index is -0.718. The lowest BCUT2D eigenvalue weighted by atomic mass is 9.86. The van der Waals surface area contributed by atoms with E-state index in [1.54, 1.807) is 18.7 Å². The molecule has 2 saturated carbocycles. The first kappa shape index (κ1) is 15.6. The number of unbranched alkanes of at least 4 members (excludes halogenated alkanes) is 1. The van der Waals surface area contributed by atoms with Crippen molar-refractivity contribution in [2.75, 3.05) is 0 Å². The second kappa shape index (κ2) is 7.30. The van der Waals surface area contributed by atoms with Crippen molar-refractivity contribution in [3.8, 4) is 0 Å². The number of hydrogen-bond acceptors (Lipinski definition) is 3. The first-order valence-electron chi connectivity index (χ1n) is 7.62. The van der Waals surface area contributed by atoms with Crippen molar-refractivity contribution in [3.63, 3.8) is 0 Å². The zero-order valence-electron chi connectivity index (χ0n) is 12.1. The monoisotopic (exact) mass is 296 g/mol. The number of carbonyl (C=O) groups is 2. The van der Waals surface area contributed by atoms with Crippen LogP contribution < -0.4 is 0 Å². The van der Waals surface area contributed by atoms with Crippen LogP contribution in [-0.2, 0) is 9.59 Å². The van der Waals surface area contributed by atoms with Crippen molar-refractivity contribution in [2.24, 2.45) is 17.8 Å². The normalized spacial score (nSPS) is 32.0. The molecule has 0 radical (unpaired) electrons. The molecule has 0 aliphatic heterocycles. The van der Waals surface area contributed by atoms with Gasteiger partial charge in [0.15, 0.2) is 5.12 Å². The van der Waals surface area contributed by atoms with Gasteiger partial charge in [-0.25, -0.2) is 0 Å². The van der Waals surface area contributed by atoms with E-state index in [9.17, 15) is 9.59 Å². The standard InChI is InChI=1S/C16H24O3S/c1-11(17)20-16-13-9-8-12(10-13)14(16)6-4-2-3-5-7-15(18)19/h2,4,12-14,16H,3,5-10H2,1H3,(H,18,19)/b4-2-/t12-,13+,14-,16-/m1/s1. The summed E-state index contributed by atoms with van der Waals surface area (Å²) in [6, 6.07) is 0. The van der Waals surface area contributed by atoms with E-state index < -0.39 is 5.97 Å². The van der Waals surface area contributed by atoms with E-state index in [2.05, 4.69) is 12.2 Å². The maximum absolute atomic E-state index is 11.4. The summed E-state index contributed by atoms with van der Waals surface area (Å²) in [6.07, 6.45) is 11.1. The van der Waals surface area contributed by atoms with Crippen LogP contribution in [0.5, 0.6) is 0 Å². The predicted octanol–water partition coefficient (Wildman–Crippen LogP) is 3.88. The Hall–Kier alpha value is -0.770. The first-order valence-corrected chi connectivity index (χ1v) is 8.50. The first-order chi connectivity index (χ1) is 9.58. The molecule has 0 saturated heterocycles. The van der Waals surface area contributed by atoms with Crippen LogP contribution in [0.15, 0.2) is 12.2 Å². The lowest BCUT2D eigenvalue weighted by molar-refractivity contribution is -0.137. The van der Waals surface area contributed by atoms with E-state index in [-0.39, 0.29) is 11.5 Å². The zero-order chi connectivity index (χ0) is 14.5. The Bertz CT molecular complexity index is 391. The summed E-state index contributed by atoms with van der Waals surface area (Å²) in [6.45, 7) is 1.68. The molecule has 3 nitrogen and oxygen atoms in total. The fourth-order valence-electron chi connectivity index (χ4n) is 3.80. The molecule has 0 amide bonds. The summed E-state index contributed by atoms with van der Waals surface area (Å²) in [7, 11) is 0. The molecule has 0 unspecified atom stereocenters. The Morgan fingerprint density at radius 2 is 2.00 bits per heavy atom. The molecular formula is C16H24O3S. The Morgan fingerprint density at radius 1 is 1.25 bits per heavy atom. The summed E-state index contributed by atoms with van der Waals surface area (Å²) >= 11 is 1.55. The van der Waals surface area contributed by atoms with Gasteiger partial charge in [0.1, 0.15) is 0 Å². The quantitative estimate of drug-likeness (QED) is 0.572. The van der Waals surface area contributed by atoms with E-state index in [1.807, 2.05) is 0 Å². The molecule has 2 aliphatic rings. The lowest BCUT2D eigenvalue weighted by Crippen LogP contribution is -2.25. The molecule has 20 heavy (non-hydrogen) atoms. The van der Waals surface area contributed by atoms with E-state index in [0.29, 0.717) is 17.6 Å². The topological polar surface area (TPSA) is 54.4 Å². The molecule has 2 rings (SSSR count). The second-order valence-corrected chi connectivity index (χ2v) is 7.42. The number of allylic oxidation sites excluding steroid dienone is 2. The highest BCUT2D eigenvalue weighted by Gasteiger charge is 2.47. The number of thioether (sulfide) groups is 1. The van der Waals surface area contributed by atoms with Crippen molar-refractivity contribution in [3.05, 3.63) is 12.2 Å². The third kappa shape index (κ3) is 4.11. The van der Waals surface area contributed by atoms with Crippen LogP contribution in [-0.4, -0.2) is 21.4 Å². The molecule has 112 valence electrons. The van der Waals surface area contributed by atoms with Gasteiger partial charge >= 0.3 is 5.97 Å². The van der Waals surface area contributed by atoms with Gasteiger partial charge in [-0.15, -0.1) is 0 Å². The van der Waals surface area contributed by atoms with Crippen molar-refractivity contribution < 1.29 is 14.7 Å². The molecule has 0 aromatic rings. The lowest BCUT2D eigenvalue weighted by Gasteiger charge is -2.29. The fraction of sp³-hybridized carbons (Fsp3) is 0.750. The van der Waals surface area contributed by atoms with Gasteiger partial charge in [-0.3, -0.25) is 9.59 Å². The number of aliphatic carboxylic acids is 1. The highest BCUT2D eigenvalue weighted by atomic mass is 32.2. The maximum atomic E-state index is 11.4. The average molecular weight is 296 g/mol. The minimum Gasteiger partial charge on any atom is -0.481 e.